The highest BCUT2D eigenvalue weighted by molar-refractivity contribution is 9.09. The van der Waals surface area contributed by atoms with Crippen LogP contribution in [0.15, 0.2) is 84.9 Å². The number of nitrogens with one attached hydrogen (secondary N) is 2. The lowest BCUT2D eigenvalue weighted by molar-refractivity contribution is -0.141. The molecule has 3 heterocycles. The topological polar surface area (TPSA) is 102 Å². The largest absolute Gasteiger partial charge is 0.394 e. The first-order valence-electron chi connectivity index (χ1n) is 15.6. The Bertz CT molecular complexity index is 1520. The zero-order chi connectivity index (χ0) is 31.7. The van der Waals surface area contributed by atoms with Crippen molar-refractivity contribution in [3.8, 4) is 0 Å². The van der Waals surface area contributed by atoms with Gasteiger partial charge in [0.15, 0.2) is 0 Å². The van der Waals surface area contributed by atoms with Crippen molar-refractivity contribution in [1.82, 2.24) is 4.90 Å². The van der Waals surface area contributed by atoms with Crippen LogP contribution in [-0.4, -0.2) is 74.3 Å². The van der Waals surface area contributed by atoms with E-state index in [9.17, 15) is 19.5 Å². The highest BCUT2D eigenvalue weighted by Gasteiger charge is 2.76. The second kappa shape index (κ2) is 13.2. The molecule has 3 aromatic rings. The van der Waals surface area contributed by atoms with Gasteiger partial charge in [-0.2, -0.15) is 0 Å². The quantitative estimate of drug-likeness (QED) is 0.240. The van der Waals surface area contributed by atoms with E-state index >= 15 is 0 Å². The van der Waals surface area contributed by atoms with E-state index in [0.717, 1.165) is 24.3 Å². The number of amides is 3. The van der Waals surface area contributed by atoms with Gasteiger partial charge in [0.25, 0.3) is 0 Å². The number of hydrogen-bond acceptors (Lipinski definition) is 6. The third-order valence-electron chi connectivity index (χ3n) is 9.50. The van der Waals surface area contributed by atoms with Crippen LogP contribution >= 0.6 is 27.7 Å². The zero-order valence-corrected chi connectivity index (χ0v) is 27.8. The Hall–Kier alpha value is -3.34. The highest BCUT2D eigenvalue weighted by atomic mass is 79.9. The Labute approximate surface area is 277 Å². The molecular formula is C35H39BrN4O4S. The Morgan fingerprint density at radius 1 is 0.956 bits per heavy atom. The number of nitrogens with zero attached hydrogens (tertiary/aromatic N) is 2. The average molecular weight is 692 g/mol. The maximum absolute atomic E-state index is 14.6. The van der Waals surface area contributed by atoms with Crippen molar-refractivity contribution in [3.05, 3.63) is 90.5 Å². The van der Waals surface area contributed by atoms with Crippen LogP contribution in [-0.2, 0) is 20.8 Å². The first-order chi connectivity index (χ1) is 21.8. The minimum absolute atomic E-state index is 0.0524. The summed E-state index contributed by atoms with van der Waals surface area (Å²) in [5.74, 6) is -2.10. The maximum Gasteiger partial charge on any atom is 0.248 e. The second-order valence-electron chi connectivity index (χ2n) is 12.0. The fourth-order valence-corrected chi connectivity index (χ4v) is 11.1. The van der Waals surface area contributed by atoms with E-state index in [2.05, 4.69) is 45.3 Å². The number of thioether (sulfide) groups is 1. The Balaban J connectivity index is 1.36. The normalized spacial score (nSPS) is 27.2. The standard InChI is InChI=1S/C35H39BrN4O4S/c1-3-39(4-2)25-17-15-24(16-18-25)38-33(43)31-35-20-27(36)30(45-35)28(32(42)37-23-13-9-6-10-14-23)29(35)34(44)40(31)26(21-41)19-22-11-7-5-8-12-22/h5-18,26-31,41H,3-4,19-21H2,1-2H3,(H,37,42)(H,38,43)/t26-,27?,28+,29+,30+,31?,35?/m1/s1. The SMILES string of the molecule is CCN(CC)c1ccc(NC(=O)C2N([C@@H](CO)Cc3ccccc3)C(=O)[C@@H]3[C@H](C(=O)Nc4ccccc4)[C@H]4SC23CC4Br)cc1. The number of alkyl halides is 1. The molecule has 7 atom stereocenters. The predicted molar refractivity (Wildman–Crippen MR) is 184 cm³/mol. The molecule has 0 radical (unpaired) electrons. The van der Waals surface area contributed by atoms with Crippen molar-refractivity contribution >= 4 is 62.5 Å². The van der Waals surface area contributed by atoms with Gasteiger partial charge in [-0.05, 0) is 68.7 Å². The van der Waals surface area contributed by atoms with Crippen LogP contribution in [0.1, 0.15) is 25.8 Å². The molecule has 6 rings (SSSR count). The molecule has 8 nitrogen and oxygen atoms in total. The Morgan fingerprint density at radius 2 is 1.56 bits per heavy atom. The zero-order valence-electron chi connectivity index (χ0n) is 25.4. The number of halogens is 1. The highest BCUT2D eigenvalue weighted by Crippen LogP contribution is 2.68. The Kier molecular flexibility index (Phi) is 9.27. The molecule has 3 amide bonds. The van der Waals surface area contributed by atoms with E-state index in [1.807, 2.05) is 84.9 Å². The van der Waals surface area contributed by atoms with Crippen LogP contribution in [0.5, 0.6) is 0 Å². The number of benzene rings is 3. The number of carbonyl (C=O) groups excluding carboxylic acids is 3. The van der Waals surface area contributed by atoms with Gasteiger partial charge < -0.3 is 25.5 Å². The van der Waals surface area contributed by atoms with E-state index in [1.165, 1.54) is 0 Å². The molecule has 0 saturated carbocycles. The maximum atomic E-state index is 14.6. The lowest BCUT2D eigenvalue weighted by atomic mass is 9.70. The smallest absolute Gasteiger partial charge is 0.248 e. The average Bonchev–Trinajstić information content (AvgIpc) is 3.65. The number of likely N-dealkylation sites (tertiary alicyclic amines) is 1. The molecular weight excluding hydrogens is 652 g/mol. The van der Waals surface area contributed by atoms with Gasteiger partial charge in [0.05, 0.1) is 29.2 Å². The summed E-state index contributed by atoms with van der Waals surface area (Å²) in [7, 11) is 0. The third kappa shape index (κ3) is 5.77. The fourth-order valence-electron chi connectivity index (χ4n) is 7.50. The summed E-state index contributed by atoms with van der Waals surface area (Å²) >= 11 is 5.42. The first kappa shape index (κ1) is 31.6. The van der Waals surface area contributed by atoms with Gasteiger partial charge in [-0.1, -0.05) is 64.5 Å². The number of anilines is 3. The number of rotatable bonds is 11. The van der Waals surface area contributed by atoms with E-state index in [1.54, 1.807) is 16.7 Å². The number of aliphatic hydroxyl groups is 1. The lowest BCUT2D eigenvalue weighted by Gasteiger charge is -2.37. The molecule has 3 unspecified atom stereocenters. The number of fused-ring (bicyclic) bond motifs is 1. The summed E-state index contributed by atoms with van der Waals surface area (Å²) < 4.78 is -0.829. The number of aliphatic hydroxyl groups excluding tert-OH is 1. The summed E-state index contributed by atoms with van der Waals surface area (Å²) in [4.78, 5) is 46.7. The molecule has 3 N–H and O–H groups in total. The molecule has 3 fully saturated rings. The van der Waals surface area contributed by atoms with Crippen LogP contribution in [0.2, 0.25) is 0 Å². The number of hydrogen-bond donors (Lipinski definition) is 3. The van der Waals surface area contributed by atoms with E-state index in [0.29, 0.717) is 24.2 Å². The van der Waals surface area contributed by atoms with Crippen molar-refractivity contribution in [2.45, 2.75) is 53.6 Å². The third-order valence-corrected chi connectivity index (χ3v) is 12.7. The van der Waals surface area contributed by atoms with Crippen molar-refractivity contribution in [1.29, 1.82) is 0 Å². The molecule has 3 aromatic carbocycles. The summed E-state index contributed by atoms with van der Waals surface area (Å²) in [6.07, 6.45) is 0.952. The molecule has 0 aliphatic carbocycles. The van der Waals surface area contributed by atoms with Crippen LogP contribution in [0.3, 0.4) is 0 Å². The van der Waals surface area contributed by atoms with Gasteiger partial charge >= 0.3 is 0 Å². The number of carbonyl (C=O) groups is 3. The van der Waals surface area contributed by atoms with E-state index < -0.39 is 28.7 Å². The van der Waals surface area contributed by atoms with Crippen LogP contribution < -0.4 is 15.5 Å². The van der Waals surface area contributed by atoms with E-state index in [4.69, 9.17) is 0 Å². The minimum Gasteiger partial charge on any atom is -0.394 e. The van der Waals surface area contributed by atoms with Gasteiger partial charge in [0, 0.05) is 40.2 Å². The molecule has 10 heteroatoms. The molecule has 3 aliphatic rings. The molecule has 236 valence electrons. The van der Waals surface area contributed by atoms with Gasteiger partial charge in [-0.25, -0.2) is 0 Å². The van der Waals surface area contributed by atoms with Crippen molar-refractivity contribution < 1.29 is 19.5 Å². The molecule has 1 spiro atoms. The fraction of sp³-hybridized carbons (Fsp3) is 0.400. The molecule has 45 heavy (non-hydrogen) atoms. The molecule has 3 aliphatic heterocycles. The van der Waals surface area contributed by atoms with Crippen molar-refractivity contribution in [3.63, 3.8) is 0 Å². The summed E-state index contributed by atoms with van der Waals surface area (Å²) in [5, 5.41) is 16.7. The van der Waals surface area contributed by atoms with Gasteiger partial charge in [-0.3, -0.25) is 14.4 Å². The van der Waals surface area contributed by atoms with Crippen LogP contribution in [0, 0.1) is 11.8 Å². The first-order valence-corrected chi connectivity index (χ1v) is 17.4. The van der Waals surface area contributed by atoms with Gasteiger partial charge in [-0.15, -0.1) is 11.8 Å². The molecule has 3 saturated heterocycles. The minimum atomic E-state index is -0.872. The summed E-state index contributed by atoms with van der Waals surface area (Å²) in [6, 6.07) is 25.2. The van der Waals surface area contributed by atoms with Crippen LogP contribution in [0.25, 0.3) is 0 Å². The molecule has 0 aromatic heterocycles. The summed E-state index contributed by atoms with van der Waals surface area (Å²) in [6.45, 7) is 5.65. The van der Waals surface area contributed by atoms with Crippen molar-refractivity contribution in [2.75, 3.05) is 35.2 Å². The van der Waals surface area contributed by atoms with Crippen LogP contribution in [0.4, 0.5) is 17.1 Å². The van der Waals surface area contributed by atoms with E-state index in [-0.39, 0.29) is 34.4 Å². The molecule has 2 bridgehead atoms. The second-order valence-corrected chi connectivity index (χ2v) is 14.7. The summed E-state index contributed by atoms with van der Waals surface area (Å²) in [5.41, 5.74) is 3.33. The van der Waals surface area contributed by atoms with Gasteiger partial charge in [0.1, 0.15) is 6.04 Å². The lowest BCUT2D eigenvalue weighted by Crippen LogP contribution is -2.55. The van der Waals surface area contributed by atoms with Crippen molar-refractivity contribution in [2.24, 2.45) is 11.8 Å². The number of para-hydroxylation sites is 1. The monoisotopic (exact) mass is 690 g/mol. The van der Waals surface area contributed by atoms with Gasteiger partial charge in [0.2, 0.25) is 17.7 Å². The predicted octanol–water partition coefficient (Wildman–Crippen LogP) is 5.18. The Morgan fingerprint density at radius 3 is 2.18 bits per heavy atom.